The molecule has 0 spiro atoms. The molecule has 0 aliphatic heterocycles. The van der Waals surface area contributed by atoms with E-state index in [9.17, 15) is 4.39 Å². The zero-order valence-corrected chi connectivity index (χ0v) is 11.0. The minimum Gasteiger partial charge on any atom is -0.384 e. The first-order valence-electron chi connectivity index (χ1n) is 5.19. The Bertz CT molecular complexity index is 572. The van der Waals surface area contributed by atoms with Crippen LogP contribution in [0.3, 0.4) is 0 Å². The maximum absolute atomic E-state index is 13.4. The zero-order valence-electron chi connectivity index (χ0n) is 9.39. The first-order chi connectivity index (χ1) is 8.78. The monoisotopic (exact) mass is 279 g/mol. The van der Waals surface area contributed by atoms with Gasteiger partial charge in [0, 0.05) is 22.9 Å². The normalized spacial score (nSPS) is 9.89. The summed E-state index contributed by atoms with van der Waals surface area (Å²) in [7, 11) is 0. The standard InChI is InChI=1S/C13H10FNOS2/c14-12-7-10(2-1-4-16)6-11(8-12)9-18-13-15-3-5-17-13/h3,5-8,16H,4,9H2. The molecule has 92 valence electrons. The molecule has 5 heteroatoms. The molecule has 2 rings (SSSR count). The van der Waals surface area contributed by atoms with Gasteiger partial charge in [-0.25, -0.2) is 9.37 Å². The molecule has 1 aromatic carbocycles. The summed E-state index contributed by atoms with van der Waals surface area (Å²) in [6, 6.07) is 4.68. The van der Waals surface area contributed by atoms with E-state index in [1.807, 2.05) is 11.4 Å². The van der Waals surface area contributed by atoms with Crippen LogP contribution in [0.4, 0.5) is 4.39 Å². The number of nitrogens with zero attached hydrogens (tertiary/aromatic N) is 1. The number of aliphatic hydroxyl groups is 1. The first-order valence-corrected chi connectivity index (χ1v) is 7.06. The van der Waals surface area contributed by atoms with Gasteiger partial charge in [0.25, 0.3) is 0 Å². The second-order valence-electron chi connectivity index (χ2n) is 3.39. The van der Waals surface area contributed by atoms with Crippen LogP contribution in [-0.4, -0.2) is 16.7 Å². The van der Waals surface area contributed by atoms with Crippen LogP contribution < -0.4 is 0 Å². The number of halogens is 1. The maximum atomic E-state index is 13.4. The van der Waals surface area contributed by atoms with E-state index < -0.39 is 0 Å². The van der Waals surface area contributed by atoms with E-state index in [2.05, 4.69) is 16.8 Å². The van der Waals surface area contributed by atoms with Gasteiger partial charge in [0.1, 0.15) is 16.8 Å². The van der Waals surface area contributed by atoms with Crippen LogP contribution in [0, 0.1) is 17.7 Å². The van der Waals surface area contributed by atoms with Gasteiger partial charge >= 0.3 is 0 Å². The summed E-state index contributed by atoms with van der Waals surface area (Å²) >= 11 is 3.13. The van der Waals surface area contributed by atoms with Gasteiger partial charge < -0.3 is 5.11 Å². The fourth-order valence-corrected chi connectivity index (χ4v) is 2.94. The Balaban J connectivity index is 2.10. The average Bonchev–Trinajstić information content (AvgIpc) is 2.86. The third-order valence-corrected chi connectivity index (χ3v) is 4.08. The summed E-state index contributed by atoms with van der Waals surface area (Å²) in [5.41, 5.74) is 1.44. The number of thioether (sulfide) groups is 1. The third kappa shape index (κ3) is 3.84. The largest absolute Gasteiger partial charge is 0.384 e. The van der Waals surface area contributed by atoms with Gasteiger partial charge in [-0.15, -0.1) is 11.3 Å². The molecule has 0 aliphatic rings. The van der Waals surface area contributed by atoms with Gasteiger partial charge in [-0.2, -0.15) is 0 Å². The predicted molar refractivity (Wildman–Crippen MR) is 72.0 cm³/mol. The Labute approximate surface area is 113 Å². The van der Waals surface area contributed by atoms with Crippen molar-refractivity contribution in [3.63, 3.8) is 0 Å². The fraction of sp³-hybridized carbons (Fsp3) is 0.154. The molecule has 1 heterocycles. The molecule has 0 aliphatic carbocycles. The lowest BCUT2D eigenvalue weighted by molar-refractivity contribution is 0.350. The number of thiazole rings is 1. The molecule has 1 aromatic heterocycles. The van der Waals surface area contributed by atoms with Crippen molar-refractivity contribution in [3.8, 4) is 11.8 Å². The van der Waals surface area contributed by atoms with Crippen molar-refractivity contribution in [1.29, 1.82) is 0 Å². The van der Waals surface area contributed by atoms with Crippen LogP contribution >= 0.6 is 23.1 Å². The molecule has 0 fully saturated rings. The highest BCUT2D eigenvalue weighted by Gasteiger charge is 2.02. The van der Waals surface area contributed by atoms with Gasteiger partial charge in [-0.3, -0.25) is 0 Å². The Kier molecular flexibility index (Phi) is 4.76. The second kappa shape index (κ2) is 6.55. The number of benzene rings is 1. The lowest BCUT2D eigenvalue weighted by atomic mass is 10.1. The van der Waals surface area contributed by atoms with Crippen LogP contribution in [0.25, 0.3) is 0 Å². The Hall–Kier alpha value is -1.35. The molecule has 2 nitrogen and oxygen atoms in total. The van der Waals surface area contributed by atoms with Gasteiger partial charge in [0.05, 0.1) is 0 Å². The number of aromatic nitrogens is 1. The molecule has 0 unspecified atom stereocenters. The molecule has 0 bridgehead atoms. The highest BCUT2D eigenvalue weighted by molar-refractivity contribution is 8.00. The van der Waals surface area contributed by atoms with Crippen molar-refractivity contribution in [1.82, 2.24) is 4.98 Å². The maximum Gasteiger partial charge on any atom is 0.150 e. The minimum atomic E-state index is -0.311. The van der Waals surface area contributed by atoms with E-state index in [4.69, 9.17) is 5.11 Å². The summed E-state index contributed by atoms with van der Waals surface area (Å²) in [5, 5.41) is 10.5. The van der Waals surface area contributed by atoms with Crippen LogP contribution in [0.5, 0.6) is 0 Å². The Morgan fingerprint density at radius 3 is 3.00 bits per heavy atom. The van der Waals surface area contributed by atoms with E-state index >= 15 is 0 Å². The van der Waals surface area contributed by atoms with Crippen molar-refractivity contribution in [2.24, 2.45) is 0 Å². The fourth-order valence-electron chi connectivity index (χ4n) is 1.37. The van der Waals surface area contributed by atoms with Crippen LogP contribution in [-0.2, 0) is 5.75 Å². The van der Waals surface area contributed by atoms with Gasteiger partial charge in [0.2, 0.25) is 0 Å². The smallest absolute Gasteiger partial charge is 0.150 e. The molecule has 2 aromatic rings. The molecular formula is C13H10FNOS2. The quantitative estimate of drug-likeness (QED) is 0.693. The summed E-state index contributed by atoms with van der Waals surface area (Å²) in [4.78, 5) is 4.15. The molecule has 0 saturated carbocycles. The SMILES string of the molecule is OCC#Cc1cc(F)cc(CSc2nccs2)c1. The van der Waals surface area contributed by atoms with Gasteiger partial charge in [-0.1, -0.05) is 23.6 Å². The lowest BCUT2D eigenvalue weighted by Crippen LogP contribution is -1.87. The van der Waals surface area contributed by atoms with E-state index in [-0.39, 0.29) is 12.4 Å². The number of hydrogen-bond donors (Lipinski definition) is 1. The lowest BCUT2D eigenvalue weighted by Gasteiger charge is -2.01. The van der Waals surface area contributed by atoms with Crippen molar-refractivity contribution >= 4 is 23.1 Å². The van der Waals surface area contributed by atoms with Gasteiger partial charge in [0.15, 0.2) is 0 Å². The van der Waals surface area contributed by atoms with E-state index in [1.54, 1.807) is 29.3 Å². The van der Waals surface area contributed by atoms with Crippen molar-refractivity contribution in [3.05, 3.63) is 46.7 Å². The zero-order chi connectivity index (χ0) is 12.8. The highest BCUT2D eigenvalue weighted by atomic mass is 32.2. The van der Waals surface area contributed by atoms with Crippen molar-refractivity contribution in [2.45, 2.75) is 10.1 Å². The van der Waals surface area contributed by atoms with Crippen molar-refractivity contribution < 1.29 is 9.50 Å². The molecule has 0 radical (unpaired) electrons. The highest BCUT2D eigenvalue weighted by Crippen LogP contribution is 2.25. The Morgan fingerprint density at radius 1 is 1.39 bits per heavy atom. The van der Waals surface area contributed by atoms with E-state index in [0.29, 0.717) is 11.3 Å². The van der Waals surface area contributed by atoms with E-state index in [0.717, 1.165) is 9.90 Å². The summed E-state index contributed by atoms with van der Waals surface area (Å²) in [6.07, 6.45) is 1.75. The molecule has 0 saturated heterocycles. The summed E-state index contributed by atoms with van der Waals surface area (Å²) < 4.78 is 14.3. The topological polar surface area (TPSA) is 33.1 Å². The minimum absolute atomic E-state index is 0.223. The Morgan fingerprint density at radius 2 is 2.28 bits per heavy atom. The van der Waals surface area contributed by atoms with Crippen LogP contribution in [0.2, 0.25) is 0 Å². The van der Waals surface area contributed by atoms with Gasteiger partial charge in [-0.05, 0) is 23.8 Å². The second-order valence-corrected chi connectivity index (χ2v) is 5.51. The first kappa shape index (κ1) is 13.1. The summed E-state index contributed by atoms with van der Waals surface area (Å²) in [5.74, 6) is 5.56. The van der Waals surface area contributed by atoms with E-state index in [1.165, 1.54) is 12.1 Å². The number of hydrogen-bond acceptors (Lipinski definition) is 4. The van der Waals surface area contributed by atoms with Crippen LogP contribution in [0.15, 0.2) is 34.1 Å². The third-order valence-electron chi connectivity index (χ3n) is 2.04. The summed E-state index contributed by atoms with van der Waals surface area (Å²) in [6.45, 7) is -0.223. The van der Waals surface area contributed by atoms with Crippen molar-refractivity contribution in [2.75, 3.05) is 6.61 Å². The molecule has 0 atom stereocenters. The molecule has 1 N–H and O–H groups in total. The molecule has 0 amide bonds. The van der Waals surface area contributed by atoms with Crippen LogP contribution in [0.1, 0.15) is 11.1 Å². The number of aliphatic hydroxyl groups excluding tert-OH is 1. The molecular weight excluding hydrogens is 269 g/mol. The number of rotatable bonds is 3. The predicted octanol–water partition coefficient (Wildman–Crippen LogP) is 2.92. The molecule has 18 heavy (non-hydrogen) atoms. The average molecular weight is 279 g/mol.